The highest BCUT2D eigenvalue weighted by Gasteiger charge is 2.32. The molecule has 29 heavy (non-hydrogen) atoms. The molecule has 1 unspecified atom stereocenters. The van der Waals surface area contributed by atoms with Crippen LogP contribution in [0.25, 0.3) is 0 Å². The number of rotatable bonds is 8. The van der Waals surface area contributed by atoms with Crippen molar-refractivity contribution >= 4 is 11.8 Å². The van der Waals surface area contributed by atoms with E-state index in [0.29, 0.717) is 32.1 Å². The lowest BCUT2D eigenvalue weighted by Crippen LogP contribution is -2.57. The summed E-state index contributed by atoms with van der Waals surface area (Å²) in [6.07, 6.45) is 5.74. The fourth-order valence-electron chi connectivity index (χ4n) is 3.29. The Morgan fingerprint density at radius 2 is 1.79 bits per heavy atom. The average Bonchev–Trinajstić information content (AvgIpc) is 2.67. The molecule has 0 spiro atoms. The normalized spacial score (nSPS) is 22.3. The van der Waals surface area contributed by atoms with Crippen molar-refractivity contribution in [2.75, 3.05) is 26.4 Å². The van der Waals surface area contributed by atoms with E-state index in [1.807, 2.05) is 13.8 Å². The average molecular weight is 412 g/mol. The standard InChI is InChI=1S/C21H37N3O5/c1-20(2,14-29-18-7-5-6-10-28-18)16(22)13-17(25)23-19(26)21(3,4)24-15-8-11-27-12-9-15/h13,15,18,24H,5-12,14,22H2,1-4H3,(H,23,25,26). The van der Waals surface area contributed by atoms with Crippen LogP contribution in [-0.4, -0.2) is 56.1 Å². The SMILES string of the molecule is CC(C)(COC1CCCCO1)C(N)=CC(=O)NC(=O)C(C)(C)NC1CCOCC1. The number of carbonyl (C=O) groups is 2. The van der Waals surface area contributed by atoms with Gasteiger partial charge in [-0.1, -0.05) is 13.8 Å². The molecule has 166 valence electrons. The maximum atomic E-state index is 12.6. The van der Waals surface area contributed by atoms with Crippen LogP contribution in [0.1, 0.15) is 59.8 Å². The van der Waals surface area contributed by atoms with Gasteiger partial charge < -0.3 is 25.3 Å². The Kier molecular flexibility index (Phi) is 8.63. The van der Waals surface area contributed by atoms with Crippen LogP contribution in [0.4, 0.5) is 0 Å². The summed E-state index contributed by atoms with van der Waals surface area (Å²) in [6.45, 7) is 9.71. The van der Waals surface area contributed by atoms with Gasteiger partial charge in [-0.05, 0) is 46.0 Å². The lowest BCUT2D eigenvalue weighted by atomic mass is 9.90. The molecule has 0 aromatic rings. The molecule has 8 nitrogen and oxygen atoms in total. The second-order valence-corrected chi connectivity index (χ2v) is 9.07. The van der Waals surface area contributed by atoms with E-state index in [2.05, 4.69) is 10.6 Å². The molecule has 2 saturated heterocycles. The van der Waals surface area contributed by atoms with Crippen LogP contribution in [0.15, 0.2) is 11.8 Å². The Hall–Kier alpha value is -1.48. The topological polar surface area (TPSA) is 112 Å². The van der Waals surface area contributed by atoms with Gasteiger partial charge in [-0.15, -0.1) is 0 Å². The maximum absolute atomic E-state index is 12.6. The van der Waals surface area contributed by atoms with Crippen molar-refractivity contribution in [3.8, 4) is 0 Å². The number of hydrogen-bond acceptors (Lipinski definition) is 7. The molecule has 0 saturated carbocycles. The van der Waals surface area contributed by atoms with E-state index in [1.54, 1.807) is 13.8 Å². The first kappa shape index (κ1) is 23.8. The Morgan fingerprint density at radius 1 is 1.10 bits per heavy atom. The Bertz CT molecular complexity index is 591. The minimum atomic E-state index is -0.878. The van der Waals surface area contributed by atoms with E-state index in [4.69, 9.17) is 19.9 Å². The zero-order valence-electron chi connectivity index (χ0n) is 18.2. The molecule has 2 heterocycles. The lowest BCUT2D eigenvalue weighted by Gasteiger charge is -2.32. The molecular formula is C21H37N3O5. The van der Waals surface area contributed by atoms with Gasteiger partial charge in [-0.3, -0.25) is 14.9 Å². The molecule has 0 aromatic heterocycles. The van der Waals surface area contributed by atoms with Crippen LogP contribution in [0.5, 0.6) is 0 Å². The Balaban J connectivity index is 1.85. The maximum Gasteiger partial charge on any atom is 0.252 e. The molecule has 2 amide bonds. The fraction of sp³-hybridized carbons (Fsp3) is 0.810. The van der Waals surface area contributed by atoms with Gasteiger partial charge in [-0.25, -0.2) is 0 Å². The molecule has 2 fully saturated rings. The van der Waals surface area contributed by atoms with E-state index in [9.17, 15) is 9.59 Å². The van der Waals surface area contributed by atoms with Gasteiger partial charge in [-0.2, -0.15) is 0 Å². The smallest absolute Gasteiger partial charge is 0.252 e. The van der Waals surface area contributed by atoms with Gasteiger partial charge in [0.1, 0.15) is 0 Å². The van der Waals surface area contributed by atoms with Crippen molar-refractivity contribution in [3.05, 3.63) is 11.8 Å². The fourth-order valence-corrected chi connectivity index (χ4v) is 3.29. The van der Waals surface area contributed by atoms with Crippen molar-refractivity contribution in [1.29, 1.82) is 0 Å². The van der Waals surface area contributed by atoms with Gasteiger partial charge in [0.25, 0.3) is 5.91 Å². The summed E-state index contributed by atoms with van der Waals surface area (Å²) in [4.78, 5) is 24.9. The number of nitrogens with one attached hydrogen (secondary N) is 2. The van der Waals surface area contributed by atoms with Crippen molar-refractivity contribution in [3.63, 3.8) is 0 Å². The first-order valence-electron chi connectivity index (χ1n) is 10.5. The summed E-state index contributed by atoms with van der Waals surface area (Å²) in [5, 5.41) is 5.74. The Morgan fingerprint density at radius 3 is 2.41 bits per heavy atom. The number of nitrogens with two attached hydrogens (primary N) is 1. The van der Waals surface area contributed by atoms with Crippen molar-refractivity contribution in [2.45, 2.75) is 77.7 Å². The molecule has 0 bridgehead atoms. The third-order valence-corrected chi connectivity index (χ3v) is 5.43. The number of imide groups is 1. The van der Waals surface area contributed by atoms with Crippen LogP contribution in [0.2, 0.25) is 0 Å². The van der Waals surface area contributed by atoms with Gasteiger partial charge in [0.15, 0.2) is 6.29 Å². The summed E-state index contributed by atoms with van der Waals surface area (Å²) in [5.74, 6) is -0.918. The number of carbonyl (C=O) groups excluding carboxylic acids is 2. The molecular weight excluding hydrogens is 374 g/mol. The highest BCUT2D eigenvalue weighted by atomic mass is 16.7. The molecule has 8 heteroatoms. The zero-order chi connectivity index (χ0) is 21.5. The van der Waals surface area contributed by atoms with E-state index in [0.717, 1.165) is 32.1 Å². The van der Waals surface area contributed by atoms with E-state index in [-0.39, 0.29) is 18.2 Å². The molecule has 4 N–H and O–H groups in total. The second kappa shape index (κ2) is 10.5. The third-order valence-electron chi connectivity index (χ3n) is 5.43. The molecule has 0 radical (unpaired) electrons. The van der Waals surface area contributed by atoms with Crippen molar-refractivity contribution in [2.24, 2.45) is 11.1 Å². The predicted octanol–water partition coefficient (Wildman–Crippen LogP) is 1.59. The summed E-state index contributed by atoms with van der Waals surface area (Å²) in [7, 11) is 0. The first-order valence-corrected chi connectivity index (χ1v) is 10.5. The summed E-state index contributed by atoms with van der Waals surface area (Å²) >= 11 is 0. The molecule has 2 aliphatic rings. The molecule has 0 aliphatic carbocycles. The largest absolute Gasteiger partial charge is 0.401 e. The number of ether oxygens (including phenoxy) is 3. The van der Waals surface area contributed by atoms with Crippen LogP contribution < -0.4 is 16.4 Å². The monoisotopic (exact) mass is 411 g/mol. The minimum Gasteiger partial charge on any atom is -0.401 e. The van der Waals surface area contributed by atoms with Gasteiger partial charge >= 0.3 is 0 Å². The lowest BCUT2D eigenvalue weighted by molar-refractivity contribution is -0.173. The van der Waals surface area contributed by atoms with Crippen molar-refractivity contribution in [1.82, 2.24) is 10.6 Å². The first-order chi connectivity index (χ1) is 13.6. The molecule has 2 aliphatic heterocycles. The van der Waals surface area contributed by atoms with E-state index >= 15 is 0 Å². The molecule has 1 atom stereocenters. The van der Waals surface area contributed by atoms with Crippen molar-refractivity contribution < 1.29 is 23.8 Å². The highest BCUT2D eigenvalue weighted by molar-refractivity contribution is 6.04. The minimum absolute atomic E-state index is 0.193. The summed E-state index contributed by atoms with van der Waals surface area (Å²) in [6, 6.07) is 0.193. The summed E-state index contributed by atoms with van der Waals surface area (Å²) < 4.78 is 16.7. The van der Waals surface area contributed by atoms with Crippen LogP contribution in [-0.2, 0) is 23.8 Å². The second-order valence-electron chi connectivity index (χ2n) is 9.07. The number of hydrogen-bond donors (Lipinski definition) is 3. The van der Waals surface area contributed by atoms with Gasteiger partial charge in [0, 0.05) is 43.1 Å². The van der Waals surface area contributed by atoms with Crippen LogP contribution in [0.3, 0.4) is 0 Å². The summed E-state index contributed by atoms with van der Waals surface area (Å²) in [5.41, 5.74) is 5.06. The van der Waals surface area contributed by atoms with E-state index in [1.165, 1.54) is 6.08 Å². The molecule has 2 rings (SSSR count). The van der Waals surface area contributed by atoms with Gasteiger partial charge in [0.2, 0.25) is 5.91 Å². The predicted molar refractivity (Wildman–Crippen MR) is 110 cm³/mol. The van der Waals surface area contributed by atoms with Crippen LogP contribution in [0, 0.1) is 5.41 Å². The highest BCUT2D eigenvalue weighted by Crippen LogP contribution is 2.25. The zero-order valence-corrected chi connectivity index (χ0v) is 18.2. The third kappa shape index (κ3) is 7.70. The van der Waals surface area contributed by atoms with E-state index < -0.39 is 16.9 Å². The number of amides is 2. The quantitative estimate of drug-likeness (QED) is 0.520. The Labute approximate surface area is 173 Å². The van der Waals surface area contributed by atoms with Gasteiger partial charge in [0.05, 0.1) is 12.1 Å². The van der Waals surface area contributed by atoms with Crippen LogP contribution >= 0.6 is 0 Å². The molecule has 0 aromatic carbocycles.